The summed E-state index contributed by atoms with van der Waals surface area (Å²) < 4.78 is 56.2. The van der Waals surface area contributed by atoms with Gasteiger partial charge in [0, 0.05) is 0 Å². The molecule has 0 aliphatic heterocycles. The summed E-state index contributed by atoms with van der Waals surface area (Å²) >= 11 is 3.63. The van der Waals surface area contributed by atoms with E-state index in [2.05, 4.69) is 31.0 Å². The van der Waals surface area contributed by atoms with Gasteiger partial charge >= 0.3 is 6.18 Å². The van der Waals surface area contributed by atoms with Crippen molar-refractivity contribution < 1.29 is 27.2 Å². The highest BCUT2D eigenvalue weighted by Gasteiger charge is 2.31. The third-order valence-corrected chi connectivity index (χ3v) is 7.69. The number of nitrogens with zero attached hydrogens (tertiary/aromatic N) is 5. The molecule has 0 saturated carbocycles. The number of benzene rings is 2. The van der Waals surface area contributed by atoms with E-state index < -0.39 is 29.4 Å². The molecule has 0 unspecified atom stereocenters. The minimum Gasteiger partial charge on any atom is -0.345 e. The van der Waals surface area contributed by atoms with Crippen molar-refractivity contribution in [1.82, 2.24) is 30.3 Å². The van der Waals surface area contributed by atoms with Gasteiger partial charge in [0.05, 0.1) is 29.1 Å². The molecule has 204 valence electrons. The number of nitrogens with one attached hydrogen (secondary N) is 2. The van der Waals surface area contributed by atoms with Crippen LogP contribution in [0, 0.1) is 5.82 Å². The molecular formula is C23H19F4N7O2S3. The van der Waals surface area contributed by atoms with Gasteiger partial charge in [-0.15, -0.1) is 20.4 Å². The standard InChI is InChI=1S/C23H19F4N7O2S3/c1-2-37-22-33-31-20(39-22)29-18(35)12-38-21-32-30-17(11-28-19(36)15-8-3-4-9-16(15)24)34(21)14-7-5-6-13(10-14)23(25,26)27/h3-10H,2,11-12H2,1H3,(H,28,36)(H,29,31,35). The third kappa shape index (κ3) is 7.33. The van der Waals surface area contributed by atoms with Crippen LogP contribution in [-0.2, 0) is 17.5 Å². The van der Waals surface area contributed by atoms with Gasteiger partial charge in [0.2, 0.25) is 11.0 Å². The van der Waals surface area contributed by atoms with Crippen LogP contribution in [0.1, 0.15) is 28.7 Å². The van der Waals surface area contributed by atoms with Crippen LogP contribution in [0.4, 0.5) is 22.7 Å². The predicted molar refractivity (Wildman–Crippen MR) is 140 cm³/mol. The second-order valence-corrected chi connectivity index (χ2v) is 11.0. The van der Waals surface area contributed by atoms with Crippen molar-refractivity contribution in [2.24, 2.45) is 0 Å². The van der Waals surface area contributed by atoms with E-state index in [4.69, 9.17) is 0 Å². The molecule has 2 heterocycles. The second kappa shape index (κ2) is 12.6. The molecule has 0 saturated heterocycles. The van der Waals surface area contributed by atoms with Crippen LogP contribution in [0.15, 0.2) is 58.0 Å². The zero-order chi connectivity index (χ0) is 28.0. The minimum absolute atomic E-state index is 0.0678. The molecule has 4 rings (SSSR count). The second-order valence-electron chi connectivity index (χ2n) is 7.59. The summed E-state index contributed by atoms with van der Waals surface area (Å²) in [7, 11) is 0. The first-order valence-corrected chi connectivity index (χ1v) is 14.0. The normalized spacial score (nSPS) is 11.4. The van der Waals surface area contributed by atoms with Crippen LogP contribution >= 0.6 is 34.9 Å². The van der Waals surface area contributed by atoms with E-state index in [1.165, 1.54) is 58.0 Å². The summed E-state index contributed by atoms with van der Waals surface area (Å²) in [4.78, 5) is 25.0. The number of aromatic nitrogens is 5. The zero-order valence-electron chi connectivity index (χ0n) is 20.0. The van der Waals surface area contributed by atoms with E-state index in [-0.39, 0.29) is 34.5 Å². The zero-order valence-corrected chi connectivity index (χ0v) is 22.5. The average Bonchev–Trinajstić information content (AvgIpc) is 3.52. The van der Waals surface area contributed by atoms with Gasteiger partial charge in [0.25, 0.3) is 5.91 Å². The number of halogens is 4. The first-order valence-electron chi connectivity index (χ1n) is 11.2. The summed E-state index contributed by atoms with van der Waals surface area (Å²) in [6, 6.07) is 9.82. The molecule has 2 aromatic carbocycles. The summed E-state index contributed by atoms with van der Waals surface area (Å²) in [5.41, 5.74) is -1.04. The van der Waals surface area contributed by atoms with Crippen molar-refractivity contribution in [3.63, 3.8) is 0 Å². The Morgan fingerprint density at radius 2 is 1.82 bits per heavy atom. The van der Waals surface area contributed by atoms with Gasteiger partial charge in [0.1, 0.15) is 5.82 Å². The number of amides is 2. The number of hydrogen-bond acceptors (Lipinski definition) is 9. The fourth-order valence-electron chi connectivity index (χ4n) is 3.22. The molecule has 0 radical (unpaired) electrons. The van der Waals surface area contributed by atoms with Gasteiger partial charge in [-0.05, 0) is 36.1 Å². The highest BCUT2D eigenvalue weighted by atomic mass is 32.2. The fraction of sp³-hybridized carbons (Fsp3) is 0.217. The molecule has 2 aromatic heterocycles. The molecule has 16 heteroatoms. The van der Waals surface area contributed by atoms with Crippen LogP contribution in [0.3, 0.4) is 0 Å². The number of carbonyl (C=O) groups excluding carboxylic acids is 2. The Kier molecular flexibility index (Phi) is 9.19. The van der Waals surface area contributed by atoms with Crippen molar-refractivity contribution in [1.29, 1.82) is 0 Å². The summed E-state index contributed by atoms with van der Waals surface area (Å²) in [5, 5.41) is 21.4. The van der Waals surface area contributed by atoms with Crippen LogP contribution < -0.4 is 10.6 Å². The van der Waals surface area contributed by atoms with Crippen LogP contribution in [0.2, 0.25) is 0 Å². The topological polar surface area (TPSA) is 115 Å². The monoisotopic (exact) mass is 597 g/mol. The number of alkyl halides is 3. The first-order chi connectivity index (χ1) is 18.7. The van der Waals surface area contributed by atoms with E-state index in [0.717, 1.165) is 35.7 Å². The Morgan fingerprint density at radius 1 is 1.03 bits per heavy atom. The summed E-state index contributed by atoms with van der Waals surface area (Å²) in [5.74, 6) is -1.18. The molecule has 0 aliphatic rings. The molecule has 0 spiro atoms. The Bertz CT molecular complexity index is 1480. The quantitative estimate of drug-likeness (QED) is 0.148. The smallest absolute Gasteiger partial charge is 0.345 e. The van der Waals surface area contributed by atoms with Gasteiger partial charge in [-0.1, -0.05) is 60.0 Å². The molecule has 4 aromatic rings. The highest BCUT2D eigenvalue weighted by molar-refractivity contribution is 8.01. The van der Waals surface area contributed by atoms with Crippen molar-refractivity contribution in [3.05, 3.63) is 71.3 Å². The molecule has 0 aliphatic carbocycles. The Labute approximate surface area is 231 Å². The predicted octanol–water partition coefficient (Wildman–Crippen LogP) is 5.05. The van der Waals surface area contributed by atoms with Crippen molar-refractivity contribution >= 4 is 51.8 Å². The fourth-order valence-corrected chi connectivity index (χ4v) is 5.65. The first kappa shape index (κ1) is 28.5. The average molecular weight is 598 g/mol. The molecule has 0 bridgehead atoms. The van der Waals surface area contributed by atoms with Crippen LogP contribution in [-0.4, -0.2) is 48.3 Å². The van der Waals surface area contributed by atoms with E-state index in [1.807, 2.05) is 6.92 Å². The Hall–Kier alpha value is -3.50. The van der Waals surface area contributed by atoms with Gasteiger partial charge in [-0.3, -0.25) is 19.5 Å². The molecule has 0 atom stereocenters. The molecule has 9 nitrogen and oxygen atoms in total. The van der Waals surface area contributed by atoms with E-state index in [1.54, 1.807) is 0 Å². The SMILES string of the molecule is CCSc1nnc(NC(=O)CSc2nnc(CNC(=O)c3ccccc3F)n2-c2cccc(C(F)(F)F)c2)s1. The maximum absolute atomic E-state index is 14.0. The number of anilines is 1. The summed E-state index contributed by atoms with van der Waals surface area (Å²) in [6.07, 6.45) is -4.60. The van der Waals surface area contributed by atoms with Gasteiger partial charge in [-0.2, -0.15) is 13.2 Å². The van der Waals surface area contributed by atoms with Crippen molar-refractivity contribution in [3.8, 4) is 5.69 Å². The number of rotatable bonds is 10. The van der Waals surface area contributed by atoms with Gasteiger partial charge in [0.15, 0.2) is 15.3 Å². The Balaban J connectivity index is 1.55. The molecule has 0 fully saturated rings. The largest absolute Gasteiger partial charge is 0.416 e. The molecular weight excluding hydrogens is 578 g/mol. The van der Waals surface area contributed by atoms with E-state index in [0.29, 0.717) is 9.47 Å². The molecule has 2 N–H and O–H groups in total. The summed E-state index contributed by atoms with van der Waals surface area (Å²) in [6.45, 7) is 1.69. The number of carbonyl (C=O) groups is 2. The minimum atomic E-state index is -4.60. The Morgan fingerprint density at radius 3 is 2.56 bits per heavy atom. The number of hydrogen-bond donors (Lipinski definition) is 2. The lowest BCUT2D eigenvalue weighted by molar-refractivity contribution is -0.137. The van der Waals surface area contributed by atoms with Crippen molar-refractivity contribution in [2.75, 3.05) is 16.8 Å². The lowest BCUT2D eigenvalue weighted by Crippen LogP contribution is -2.25. The lowest BCUT2D eigenvalue weighted by Gasteiger charge is -2.13. The third-order valence-electron chi connectivity index (χ3n) is 4.91. The number of thioether (sulfide) groups is 2. The maximum Gasteiger partial charge on any atom is 0.416 e. The van der Waals surface area contributed by atoms with E-state index >= 15 is 0 Å². The lowest BCUT2D eigenvalue weighted by atomic mass is 10.2. The maximum atomic E-state index is 14.0. The van der Waals surface area contributed by atoms with E-state index in [9.17, 15) is 27.2 Å². The van der Waals surface area contributed by atoms with Crippen LogP contribution in [0.25, 0.3) is 5.69 Å². The molecule has 39 heavy (non-hydrogen) atoms. The highest BCUT2D eigenvalue weighted by Crippen LogP contribution is 2.32. The van der Waals surface area contributed by atoms with Crippen LogP contribution in [0.5, 0.6) is 0 Å². The van der Waals surface area contributed by atoms with Crippen molar-refractivity contribution in [2.45, 2.75) is 29.1 Å². The van der Waals surface area contributed by atoms with Gasteiger partial charge < -0.3 is 5.32 Å². The van der Waals surface area contributed by atoms with Gasteiger partial charge in [-0.25, -0.2) is 4.39 Å². The molecule has 2 amide bonds.